The number of nitrogens with zero attached hydrogens (tertiary/aromatic N) is 5. The van der Waals surface area contributed by atoms with E-state index in [0.717, 1.165) is 62.6 Å². The number of pyridine rings is 1. The second-order valence-corrected chi connectivity index (χ2v) is 10.3. The standard InChI is InChI=1S/C27H33N7OS/c1-18-11-19(2)13-22(12-18)30-27-29-15-21-16-33(10-8-24(21)31-27)23-5-4-9-34(17-23)26(35)20-6-7-25(28-14-20)32-36-3/h6-7,11-15,23H,4-5,8-10,16-17H2,1-3H3,(H,28,32)(H,29,30,31). The molecule has 0 saturated carbocycles. The summed E-state index contributed by atoms with van der Waals surface area (Å²) in [6.07, 6.45) is 8.57. The number of carbonyl (C=O) groups excluding carboxylic acids is 1. The molecule has 0 radical (unpaired) electrons. The summed E-state index contributed by atoms with van der Waals surface area (Å²) < 4.78 is 3.09. The van der Waals surface area contributed by atoms with Crippen LogP contribution in [-0.4, -0.2) is 62.6 Å². The molecule has 1 atom stereocenters. The van der Waals surface area contributed by atoms with E-state index in [2.05, 4.69) is 57.0 Å². The Bertz CT molecular complexity index is 1210. The van der Waals surface area contributed by atoms with Gasteiger partial charge in [0.2, 0.25) is 5.95 Å². The highest BCUT2D eigenvalue weighted by atomic mass is 32.2. The Balaban J connectivity index is 1.22. The Hall–Kier alpha value is -3.17. The summed E-state index contributed by atoms with van der Waals surface area (Å²) in [5, 5.41) is 3.36. The number of aryl methyl sites for hydroxylation is 2. The SMILES string of the molecule is CSNc1ccc(C(=O)N2CCCC(N3CCc4nc(Nc5cc(C)cc(C)c5)ncc4C3)C2)cn1. The van der Waals surface area contributed by atoms with Gasteiger partial charge in [0.05, 0.1) is 11.3 Å². The molecule has 1 aromatic carbocycles. The van der Waals surface area contributed by atoms with Gasteiger partial charge >= 0.3 is 0 Å². The van der Waals surface area contributed by atoms with Gasteiger partial charge in [-0.05, 0) is 62.1 Å². The molecule has 36 heavy (non-hydrogen) atoms. The van der Waals surface area contributed by atoms with Crippen molar-refractivity contribution in [1.82, 2.24) is 24.8 Å². The summed E-state index contributed by atoms with van der Waals surface area (Å²) in [6.45, 7) is 7.49. The normalized spacial score (nSPS) is 18.0. The van der Waals surface area contributed by atoms with Gasteiger partial charge in [-0.1, -0.05) is 18.0 Å². The predicted octanol–water partition coefficient (Wildman–Crippen LogP) is 4.58. The van der Waals surface area contributed by atoms with Crippen molar-refractivity contribution in [2.24, 2.45) is 0 Å². The van der Waals surface area contributed by atoms with Gasteiger partial charge in [-0.3, -0.25) is 9.69 Å². The second-order valence-electron chi connectivity index (χ2n) is 9.67. The lowest BCUT2D eigenvalue weighted by Gasteiger charge is -2.41. The van der Waals surface area contributed by atoms with E-state index in [1.165, 1.54) is 28.6 Å². The molecule has 8 nitrogen and oxygen atoms in total. The van der Waals surface area contributed by atoms with E-state index < -0.39 is 0 Å². The number of hydrogen-bond acceptors (Lipinski definition) is 8. The van der Waals surface area contributed by atoms with E-state index in [4.69, 9.17) is 4.98 Å². The van der Waals surface area contributed by atoms with Crippen LogP contribution < -0.4 is 10.0 Å². The van der Waals surface area contributed by atoms with Crippen molar-refractivity contribution in [3.05, 3.63) is 70.7 Å². The van der Waals surface area contributed by atoms with Crippen molar-refractivity contribution in [3.8, 4) is 0 Å². The number of piperidine rings is 1. The first-order chi connectivity index (χ1) is 17.5. The Kier molecular flexibility index (Phi) is 7.38. The molecule has 5 rings (SSSR count). The van der Waals surface area contributed by atoms with Crippen LogP contribution in [0.5, 0.6) is 0 Å². The van der Waals surface area contributed by atoms with Gasteiger partial charge in [0, 0.05) is 68.5 Å². The number of fused-ring (bicyclic) bond motifs is 1. The van der Waals surface area contributed by atoms with Crippen LogP contribution in [0.3, 0.4) is 0 Å². The van der Waals surface area contributed by atoms with Crippen LogP contribution in [0.15, 0.2) is 42.7 Å². The first-order valence-electron chi connectivity index (χ1n) is 12.5. The third-order valence-electron chi connectivity index (χ3n) is 6.86. The van der Waals surface area contributed by atoms with Crippen LogP contribution in [0.2, 0.25) is 0 Å². The summed E-state index contributed by atoms with van der Waals surface area (Å²) in [6, 6.07) is 10.4. The quantitative estimate of drug-likeness (QED) is 0.473. The minimum Gasteiger partial charge on any atom is -0.337 e. The molecule has 0 spiro atoms. The Morgan fingerprint density at radius 3 is 2.67 bits per heavy atom. The number of likely N-dealkylation sites (tertiary alicyclic amines) is 1. The maximum Gasteiger partial charge on any atom is 0.255 e. The average Bonchev–Trinajstić information content (AvgIpc) is 2.88. The molecule has 9 heteroatoms. The molecular formula is C27H33N7OS. The number of nitrogens with one attached hydrogen (secondary N) is 2. The topological polar surface area (TPSA) is 86.3 Å². The van der Waals surface area contributed by atoms with Crippen LogP contribution in [-0.2, 0) is 13.0 Å². The van der Waals surface area contributed by atoms with E-state index >= 15 is 0 Å². The van der Waals surface area contributed by atoms with Crippen LogP contribution in [0.1, 0.15) is 45.6 Å². The molecule has 0 bridgehead atoms. The highest BCUT2D eigenvalue weighted by molar-refractivity contribution is 7.99. The number of rotatable bonds is 6. The van der Waals surface area contributed by atoms with E-state index in [1.807, 2.05) is 29.5 Å². The molecule has 2 aliphatic rings. The monoisotopic (exact) mass is 503 g/mol. The van der Waals surface area contributed by atoms with Crippen LogP contribution in [0.4, 0.5) is 17.5 Å². The molecule has 3 aromatic rings. The third-order valence-corrected chi connectivity index (χ3v) is 7.27. The minimum atomic E-state index is 0.0609. The fraction of sp³-hybridized carbons (Fsp3) is 0.407. The third kappa shape index (κ3) is 5.63. The van der Waals surface area contributed by atoms with Crippen molar-refractivity contribution in [1.29, 1.82) is 0 Å². The van der Waals surface area contributed by atoms with Gasteiger partial charge in [-0.25, -0.2) is 15.0 Å². The molecule has 2 aromatic heterocycles. The second kappa shape index (κ2) is 10.8. The van der Waals surface area contributed by atoms with E-state index in [1.54, 1.807) is 6.20 Å². The molecule has 1 saturated heterocycles. The lowest BCUT2D eigenvalue weighted by atomic mass is 9.99. The van der Waals surface area contributed by atoms with Crippen molar-refractivity contribution in [2.45, 2.75) is 45.7 Å². The molecule has 1 fully saturated rings. The van der Waals surface area contributed by atoms with Crippen LogP contribution in [0, 0.1) is 13.8 Å². The maximum absolute atomic E-state index is 13.1. The number of hydrogen-bond donors (Lipinski definition) is 2. The molecule has 2 N–H and O–H groups in total. The maximum atomic E-state index is 13.1. The highest BCUT2D eigenvalue weighted by Crippen LogP contribution is 2.26. The Morgan fingerprint density at radius 1 is 1.08 bits per heavy atom. The van der Waals surface area contributed by atoms with E-state index in [-0.39, 0.29) is 5.91 Å². The van der Waals surface area contributed by atoms with Gasteiger partial charge in [0.25, 0.3) is 5.91 Å². The fourth-order valence-corrected chi connectivity index (χ4v) is 5.52. The smallest absolute Gasteiger partial charge is 0.255 e. The Labute approximate surface area is 217 Å². The van der Waals surface area contributed by atoms with Crippen molar-refractivity contribution < 1.29 is 4.79 Å². The zero-order chi connectivity index (χ0) is 25.1. The fourth-order valence-electron chi connectivity index (χ4n) is 5.19. The number of aromatic nitrogens is 3. The Morgan fingerprint density at radius 2 is 1.92 bits per heavy atom. The predicted molar refractivity (Wildman–Crippen MR) is 146 cm³/mol. The highest BCUT2D eigenvalue weighted by Gasteiger charge is 2.31. The number of amides is 1. The van der Waals surface area contributed by atoms with Crippen LogP contribution in [0.25, 0.3) is 0 Å². The number of anilines is 3. The van der Waals surface area contributed by atoms with Gasteiger partial charge < -0.3 is 14.9 Å². The largest absolute Gasteiger partial charge is 0.337 e. The van der Waals surface area contributed by atoms with Gasteiger partial charge in [-0.2, -0.15) is 0 Å². The summed E-state index contributed by atoms with van der Waals surface area (Å²) >= 11 is 1.48. The van der Waals surface area contributed by atoms with Gasteiger partial charge in [0.15, 0.2) is 0 Å². The molecular weight excluding hydrogens is 470 g/mol. The summed E-state index contributed by atoms with van der Waals surface area (Å²) in [5.74, 6) is 1.47. The van der Waals surface area contributed by atoms with E-state index in [9.17, 15) is 4.79 Å². The van der Waals surface area contributed by atoms with E-state index in [0.29, 0.717) is 17.6 Å². The summed E-state index contributed by atoms with van der Waals surface area (Å²) in [5.41, 5.74) is 6.38. The number of benzene rings is 1. The molecule has 4 heterocycles. The first-order valence-corrected chi connectivity index (χ1v) is 13.7. The molecule has 188 valence electrons. The molecule has 1 unspecified atom stereocenters. The van der Waals surface area contributed by atoms with Crippen molar-refractivity contribution in [3.63, 3.8) is 0 Å². The number of carbonyl (C=O) groups is 1. The van der Waals surface area contributed by atoms with Gasteiger partial charge in [-0.15, -0.1) is 0 Å². The minimum absolute atomic E-state index is 0.0609. The zero-order valence-electron chi connectivity index (χ0n) is 21.1. The molecule has 2 aliphatic heterocycles. The zero-order valence-corrected chi connectivity index (χ0v) is 21.9. The average molecular weight is 504 g/mol. The molecule has 0 aliphatic carbocycles. The lowest BCUT2D eigenvalue weighted by molar-refractivity contribution is 0.0547. The van der Waals surface area contributed by atoms with Gasteiger partial charge in [0.1, 0.15) is 5.82 Å². The first kappa shape index (κ1) is 24.5. The van der Waals surface area contributed by atoms with Crippen molar-refractivity contribution in [2.75, 3.05) is 35.9 Å². The molecule has 1 amide bonds. The van der Waals surface area contributed by atoms with Crippen molar-refractivity contribution >= 4 is 35.3 Å². The van der Waals surface area contributed by atoms with Crippen LogP contribution >= 0.6 is 11.9 Å². The lowest BCUT2D eigenvalue weighted by Crippen LogP contribution is -2.51. The summed E-state index contributed by atoms with van der Waals surface area (Å²) in [4.78, 5) is 31.4. The summed E-state index contributed by atoms with van der Waals surface area (Å²) in [7, 11) is 0.